The maximum Gasteiger partial charge on any atom is 0.219 e. The first-order valence-corrected chi connectivity index (χ1v) is 23.3. The van der Waals surface area contributed by atoms with Gasteiger partial charge in [-0.15, -0.1) is 34.0 Å². The van der Waals surface area contributed by atoms with Gasteiger partial charge in [-0.1, -0.05) is 6.42 Å². The Morgan fingerprint density at radius 1 is 0.754 bits per heavy atom. The van der Waals surface area contributed by atoms with Crippen molar-refractivity contribution in [3.8, 4) is 44.2 Å². The largest absolute Gasteiger partial charge is 0.396 e. The van der Waals surface area contributed by atoms with Gasteiger partial charge in [0.05, 0.1) is 66.6 Å². The van der Waals surface area contributed by atoms with Crippen molar-refractivity contribution in [2.24, 2.45) is 7.05 Å². The van der Waals surface area contributed by atoms with Crippen LogP contribution in [-0.2, 0) is 28.6 Å². The lowest BCUT2D eigenvalue weighted by molar-refractivity contribution is 0.418. The Hall–Kier alpha value is -5.01. The fraction of sp³-hybridized carbons (Fsp3) is 0.256. The van der Waals surface area contributed by atoms with E-state index < -0.39 is 21.6 Å². The lowest BCUT2D eigenvalue weighted by Gasteiger charge is -2.35. The molecule has 13 nitrogen and oxygen atoms in total. The molecule has 2 aliphatic rings. The number of aryl methyl sites for hydroxylation is 1. The van der Waals surface area contributed by atoms with Crippen molar-refractivity contribution in [1.82, 2.24) is 39.5 Å². The minimum absolute atomic E-state index is 0.0107. The highest BCUT2D eigenvalue weighted by atomic mass is 32.2. The fourth-order valence-corrected chi connectivity index (χ4v) is 14.6. The van der Waals surface area contributed by atoms with Gasteiger partial charge < -0.3 is 21.8 Å². The zero-order chi connectivity index (χ0) is 39.1. The summed E-state index contributed by atoms with van der Waals surface area (Å²) >= 11 is 4.31. The Morgan fingerprint density at radius 3 is 2.00 bits per heavy atom. The number of fused-ring (bicyclic) bond motifs is 2. The number of hydrogen-bond acceptors (Lipinski definition) is 15. The highest BCUT2D eigenvalue weighted by Gasteiger charge is 2.40. The van der Waals surface area contributed by atoms with Crippen LogP contribution < -0.4 is 17.2 Å². The topological polar surface area (TPSA) is 207 Å². The summed E-state index contributed by atoms with van der Waals surface area (Å²) in [5.41, 5.74) is 28.7. The molecule has 2 fully saturated rings. The first-order valence-electron chi connectivity index (χ1n) is 18.3. The molecule has 0 aliphatic heterocycles. The molecule has 8 heterocycles. The first kappa shape index (κ1) is 36.3. The highest BCUT2D eigenvalue weighted by molar-refractivity contribution is 7.88. The lowest BCUT2D eigenvalue weighted by Crippen LogP contribution is -2.34. The second-order valence-corrected chi connectivity index (χ2v) is 21.0. The molecule has 0 amide bonds. The van der Waals surface area contributed by atoms with E-state index in [0.29, 0.717) is 35.9 Å². The summed E-state index contributed by atoms with van der Waals surface area (Å²) in [6.45, 7) is 1.94. The standard InChI is InChI=1S/C39H35N11O2S5/c1-18-44-15-28(50(18)2)23-10-27(20-13-46-39(42)47-14-20)49-35-31(23)33(40)38(55-35)57(52)30-9-7-22(30)25-8-6-19(12-45-25)26-11-24(29-16-43-17-53-29)32-34(41)37(54-36(32)48-26)56(51)21-4-3-5-21/h6,8,10-17,21-22,30H,3-5,7,9,40-41H2,1-2H3,(H2,42,46,47). The van der Waals surface area contributed by atoms with Crippen LogP contribution in [0.4, 0.5) is 17.3 Å². The summed E-state index contributed by atoms with van der Waals surface area (Å²) in [6.07, 6.45) is 13.4. The summed E-state index contributed by atoms with van der Waals surface area (Å²) in [6, 6.07) is 8.02. The van der Waals surface area contributed by atoms with E-state index in [4.69, 9.17) is 32.2 Å². The van der Waals surface area contributed by atoms with Crippen LogP contribution in [0.3, 0.4) is 0 Å². The van der Waals surface area contributed by atoms with E-state index in [0.717, 1.165) is 92.2 Å². The summed E-state index contributed by atoms with van der Waals surface area (Å²) in [4.78, 5) is 34.5. The molecule has 0 bridgehead atoms. The van der Waals surface area contributed by atoms with Gasteiger partial charge in [0.15, 0.2) is 0 Å². The molecule has 288 valence electrons. The van der Waals surface area contributed by atoms with Gasteiger partial charge in [-0.2, -0.15) is 0 Å². The number of nitrogens with two attached hydrogens (primary N) is 3. The molecule has 18 heteroatoms. The molecule has 8 aromatic rings. The predicted octanol–water partition coefficient (Wildman–Crippen LogP) is 7.72. The van der Waals surface area contributed by atoms with Crippen molar-refractivity contribution >= 4 is 93.4 Å². The summed E-state index contributed by atoms with van der Waals surface area (Å²) in [5.74, 6) is 1.01. The molecule has 4 unspecified atom stereocenters. The van der Waals surface area contributed by atoms with Gasteiger partial charge in [-0.25, -0.2) is 24.9 Å². The molecular weight excluding hydrogens is 815 g/mol. The average Bonchev–Trinajstić information content (AvgIpc) is 3.97. The van der Waals surface area contributed by atoms with E-state index in [9.17, 15) is 8.42 Å². The van der Waals surface area contributed by atoms with Crippen LogP contribution >= 0.6 is 34.0 Å². The molecule has 57 heavy (non-hydrogen) atoms. The Balaban J connectivity index is 0.974. The summed E-state index contributed by atoms with van der Waals surface area (Å²) in [7, 11) is -0.625. The van der Waals surface area contributed by atoms with Crippen molar-refractivity contribution in [1.29, 1.82) is 0 Å². The van der Waals surface area contributed by atoms with Gasteiger partial charge in [-0.05, 0) is 56.9 Å². The number of rotatable bonds is 9. The molecule has 0 spiro atoms. The third kappa shape index (κ3) is 6.07. The second kappa shape index (κ2) is 14.1. The van der Waals surface area contributed by atoms with E-state index in [1.54, 1.807) is 17.9 Å². The van der Waals surface area contributed by atoms with E-state index in [1.165, 1.54) is 34.0 Å². The van der Waals surface area contributed by atoms with Crippen molar-refractivity contribution in [2.45, 2.75) is 63.9 Å². The van der Waals surface area contributed by atoms with Crippen molar-refractivity contribution in [2.75, 3.05) is 17.2 Å². The van der Waals surface area contributed by atoms with E-state index >= 15 is 0 Å². The molecule has 0 aromatic carbocycles. The third-order valence-corrected chi connectivity index (χ3v) is 18.6. The minimum atomic E-state index is -1.42. The maximum atomic E-state index is 14.5. The number of thiophene rings is 2. The summed E-state index contributed by atoms with van der Waals surface area (Å²) in [5, 5.41) is 1.56. The Morgan fingerprint density at radius 2 is 1.42 bits per heavy atom. The number of aromatic nitrogens is 8. The van der Waals surface area contributed by atoms with Crippen LogP contribution in [0.25, 0.3) is 64.6 Å². The van der Waals surface area contributed by atoms with Crippen molar-refractivity contribution in [3.63, 3.8) is 0 Å². The van der Waals surface area contributed by atoms with Gasteiger partial charge in [0.25, 0.3) is 0 Å². The second-order valence-electron chi connectivity index (χ2n) is 14.4. The zero-order valence-corrected chi connectivity index (χ0v) is 34.8. The number of nitrogens with zero attached hydrogens (tertiary/aromatic N) is 8. The average molecular weight is 850 g/mol. The zero-order valence-electron chi connectivity index (χ0n) is 30.7. The molecule has 0 radical (unpaired) electrons. The van der Waals surface area contributed by atoms with Crippen molar-refractivity contribution in [3.05, 3.63) is 72.3 Å². The fourth-order valence-electron chi connectivity index (χ4n) is 7.48. The van der Waals surface area contributed by atoms with Gasteiger partial charge in [0.2, 0.25) is 5.95 Å². The number of imidazole rings is 1. The monoisotopic (exact) mass is 849 g/mol. The summed E-state index contributed by atoms with van der Waals surface area (Å²) < 4.78 is 31.3. The predicted molar refractivity (Wildman–Crippen MR) is 231 cm³/mol. The van der Waals surface area contributed by atoms with E-state index in [1.807, 2.05) is 61.4 Å². The van der Waals surface area contributed by atoms with E-state index in [2.05, 4.69) is 19.9 Å². The smallest absolute Gasteiger partial charge is 0.219 e. The lowest BCUT2D eigenvalue weighted by atomic mass is 9.82. The number of anilines is 3. The van der Waals surface area contributed by atoms with E-state index in [-0.39, 0.29) is 22.4 Å². The number of hydrogen-bond donors (Lipinski definition) is 3. The molecule has 6 N–H and O–H groups in total. The van der Waals surface area contributed by atoms with Gasteiger partial charge >= 0.3 is 0 Å². The van der Waals surface area contributed by atoms with Crippen LogP contribution in [0.15, 0.2) is 69.2 Å². The SMILES string of the molecule is Cc1ncc(-c2cc(-c3cnc(N)nc3)nc3sc(S(=O)C4CCC4c4ccc(-c5cc(-c6cncs6)c6c(N)c(S(=O)C7CCC7)sc6n5)cn4)c(N)c23)n1C. The molecule has 2 aliphatic carbocycles. The number of pyridine rings is 3. The molecule has 10 rings (SSSR count). The normalized spacial score (nSPS) is 18.1. The third-order valence-electron chi connectivity index (χ3n) is 11.2. The molecular formula is C39H35N11O2S5. The quantitative estimate of drug-likeness (QED) is 0.128. The first-order chi connectivity index (χ1) is 27.6. The highest BCUT2D eigenvalue weighted by Crippen LogP contribution is 2.49. The van der Waals surface area contributed by atoms with Gasteiger partial charge in [-0.3, -0.25) is 18.4 Å². The molecule has 0 saturated heterocycles. The minimum Gasteiger partial charge on any atom is -0.396 e. The number of thiazole rings is 1. The van der Waals surface area contributed by atoms with Gasteiger partial charge in [0.1, 0.15) is 23.9 Å². The van der Waals surface area contributed by atoms with Gasteiger partial charge in [0, 0.05) is 87.0 Å². The Labute approximate surface area is 343 Å². The molecule has 2 saturated carbocycles. The van der Waals surface area contributed by atoms with Crippen LogP contribution in [0.5, 0.6) is 0 Å². The number of nitrogen functional groups attached to an aromatic ring is 3. The van der Waals surface area contributed by atoms with Crippen molar-refractivity contribution < 1.29 is 8.42 Å². The van der Waals surface area contributed by atoms with Crippen LogP contribution in [-0.4, -0.2) is 58.4 Å². The van der Waals surface area contributed by atoms with Crippen LogP contribution in [0, 0.1) is 6.92 Å². The Bertz CT molecular complexity index is 2900. The van der Waals surface area contributed by atoms with Crippen LogP contribution in [0.1, 0.15) is 49.5 Å². The Kier molecular flexibility index (Phi) is 9.00. The molecule has 4 atom stereocenters. The molecule has 8 aromatic heterocycles. The maximum absolute atomic E-state index is 14.5. The van der Waals surface area contributed by atoms with Crippen LogP contribution in [0.2, 0.25) is 0 Å².